The Morgan fingerprint density at radius 2 is 2.25 bits per heavy atom. The van der Waals surface area contributed by atoms with Crippen molar-refractivity contribution in [3.05, 3.63) is 17.8 Å². The highest BCUT2D eigenvalue weighted by atomic mass is 15.0. The molecule has 3 heteroatoms. The van der Waals surface area contributed by atoms with E-state index in [0.29, 0.717) is 5.41 Å². The van der Waals surface area contributed by atoms with E-state index in [2.05, 4.69) is 17.2 Å². The first kappa shape index (κ1) is 11.2. The molecule has 1 aliphatic carbocycles. The number of anilines is 2. The van der Waals surface area contributed by atoms with Gasteiger partial charge in [0, 0.05) is 12.7 Å². The average Bonchev–Trinajstić information content (AvgIpc) is 2.23. The summed E-state index contributed by atoms with van der Waals surface area (Å²) in [5.41, 5.74) is 8.37. The van der Waals surface area contributed by atoms with E-state index >= 15 is 0 Å². The minimum atomic E-state index is 0.498. The third kappa shape index (κ3) is 1.99. The molecule has 0 aliphatic heterocycles. The molecule has 88 valence electrons. The standard InChI is InChI=1S/C13H21N3/c1-3-13(6-4-7-13)9-16-12-11(14)10(2)5-8-15-12/h5,8H,3-4,6-7,9,14H2,1-2H3,(H,15,16). The highest BCUT2D eigenvalue weighted by Crippen LogP contribution is 2.43. The topological polar surface area (TPSA) is 50.9 Å². The van der Waals surface area contributed by atoms with Gasteiger partial charge < -0.3 is 11.1 Å². The molecule has 2 rings (SSSR count). The lowest BCUT2D eigenvalue weighted by Gasteiger charge is -2.41. The first-order valence-corrected chi connectivity index (χ1v) is 6.12. The molecule has 1 saturated carbocycles. The zero-order valence-electron chi connectivity index (χ0n) is 10.2. The van der Waals surface area contributed by atoms with E-state index < -0.39 is 0 Å². The average molecular weight is 219 g/mol. The summed E-state index contributed by atoms with van der Waals surface area (Å²) < 4.78 is 0. The molecule has 3 nitrogen and oxygen atoms in total. The van der Waals surface area contributed by atoms with Crippen LogP contribution in [-0.4, -0.2) is 11.5 Å². The van der Waals surface area contributed by atoms with Crippen molar-refractivity contribution in [1.82, 2.24) is 4.98 Å². The van der Waals surface area contributed by atoms with Gasteiger partial charge in [-0.2, -0.15) is 0 Å². The largest absolute Gasteiger partial charge is 0.396 e. The van der Waals surface area contributed by atoms with Gasteiger partial charge in [0.15, 0.2) is 0 Å². The van der Waals surface area contributed by atoms with E-state index in [1.54, 1.807) is 0 Å². The smallest absolute Gasteiger partial charge is 0.149 e. The summed E-state index contributed by atoms with van der Waals surface area (Å²) in [7, 11) is 0. The number of nitrogen functional groups attached to an aromatic ring is 1. The summed E-state index contributed by atoms with van der Waals surface area (Å²) in [6, 6.07) is 1.94. The van der Waals surface area contributed by atoms with Crippen LogP contribution in [0.15, 0.2) is 12.3 Å². The molecule has 1 fully saturated rings. The summed E-state index contributed by atoms with van der Waals surface area (Å²) in [5, 5.41) is 3.41. The highest BCUT2D eigenvalue weighted by molar-refractivity contribution is 5.64. The van der Waals surface area contributed by atoms with Crippen LogP contribution in [-0.2, 0) is 0 Å². The number of aromatic nitrogens is 1. The molecular weight excluding hydrogens is 198 g/mol. The van der Waals surface area contributed by atoms with Gasteiger partial charge in [-0.3, -0.25) is 0 Å². The Morgan fingerprint density at radius 3 is 2.81 bits per heavy atom. The maximum Gasteiger partial charge on any atom is 0.149 e. The maximum absolute atomic E-state index is 5.99. The molecule has 0 spiro atoms. The zero-order valence-corrected chi connectivity index (χ0v) is 10.2. The van der Waals surface area contributed by atoms with Gasteiger partial charge in [0.25, 0.3) is 0 Å². The van der Waals surface area contributed by atoms with Gasteiger partial charge in [-0.25, -0.2) is 4.98 Å². The number of hydrogen-bond acceptors (Lipinski definition) is 3. The molecule has 16 heavy (non-hydrogen) atoms. The third-order valence-corrected chi connectivity index (χ3v) is 4.00. The molecule has 1 aromatic rings. The minimum Gasteiger partial charge on any atom is -0.396 e. The SMILES string of the molecule is CCC1(CNc2nccc(C)c2N)CCC1. The second-order valence-electron chi connectivity index (χ2n) is 4.95. The number of nitrogens with zero attached hydrogens (tertiary/aromatic N) is 1. The maximum atomic E-state index is 5.99. The van der Waals surface area contributed by atoms with Gasteiger partial charge in [0.05, 0.1) is 5.69 Å². The van der Waals surface area contributed by atoms with Gasteiger partial charge in [-0.05, 0) is 43.2 Å². The van der Waals surface area contributed by atoms with Crippen LogP contribution in [0.25, 0.3) is 0 Å². The first-order valence-electron chi connectivity index (χ1n) is 6.12. The predicted molar refractivity (Wildman–Crippen MR) is 68.5 cm³/mol. The first-order chi connectivity index (χ1) is 7.67. The summed E-state index contributed by atoms with van der Waals surface area (Å²) in [6.45, 7) is 5.29. The number of pyridine rings is 1. The van der Waals surface area contributed by atoms with Crippen molar-refractivity contribution in [2.75, 3.05) is 17.6 Å². The van der Waals surface area contributed by atoms with Crippen LogP contribution >= 0.6 is 0 Å². The van der Waals surface area contributed by atoms with Crippen molar-refractivity contribution in [2.45, 2.75) is 39.5 Å². The lowest BCUT2D eigenvalue weighted by atomic mass is 9.67. The molecule has 0 amide bonds. The number of hydrogen-bond donors (Lipinski definition) is 2. The van der Waals surface area contributed by atoms with E-state index in [1.807, 2.05) is 19.2 Å². The lowest BCUT2D eigenvalue weighted by molar-refractivity contribution is 0.145. The van der Waals surface area contributed by atoms with Gasteiger partial charge in [-0.15, -0.1) is 0 Å². The van der Waals surface area contributed by atoms with E-state index in [0.717, 1.165) is 23.6 Å². The number of nitrogens with two attached hydrogens (primary N) is 1. The molecule has 0 radical (unpaired) electrons. The van der Waals surface area contributed by atoms with E-state index in [-0.39, 0.29) is 0 Å². The van der Waals surface area contributed by atoms with Gasteiger partial charge >= 0.3 is 0 Å². The molecule has 1 aromatic heterocycles. The fourth-order valence-electron chi connectivity index (χ4n) is 2.31. The highest BCUT2D eigenvalue weighted by Gasteiger charge is 2.34. The van der Waals surface area contributed by atoms with Crippen LogP contribution in [0, 0.1) is 12.3 Å². The Balaban J connectivity index is 2.02. The van der Waals surface area contributed by atoms with E-state index in [9.17, 15) is 0 Å². The summed E-state index contributed by atoms with van der Waals surface area (Å²) in [5.74, 6) is 0.847. The Morgan fingerprint density at radius 1 is 1.50 bits per heavy atom. The van der Waals surface area contributed by atoms with Crippen LogP contribution < -0.4 is 11.1 Å². The molecule has 0 saturated heterocycles. The van der Waals surface area contributed by atoms with E-state index in [1.165, 1.54) is 25.7 Å². The summed E-state index contributed by atoms with van der Waals surface area (Å²) >= 11 is 0. The summed E-state index contributed by atoms with van der Waals surface area (Å²) in [4.78, 5) is 4.30. The fraction of sp³-hybridized carbons (Fsp3) is 0.615. The predicted octanol–water partition coefficient (Wildman–Crippen LogP) is 2.96. The quantitative estimate of drug-likeness (QED) is 0.818. The summed E-state index contributed by atoms with van der Waals surface area (Å²) in [6.07, 6.45) is 7.09. The second kappa shape index (κ2) is 4.32. The van der Waals surface area contributed by atoms with Crippen LogP contribution in [0.2, 0.25) is 0 Å². The van der Waals surface area contributed by atoms with Crippen LogP contribution in [0.3, 0.4) is 0 Å². The van der Waals surface area contributed by atoms with Crippen molar-refractivity contribution in [3.8, 4) is 0 Å². The van der Waals surface area contributed by atoms with Crippen molar-refractivity contribution in [1.29, 1.82) is 0 Å². The Hall–Kier alpha value is -1.25. The number of aryl methyl sites for hydroxylation is 1. The molecular formula is C13H21N3. The third-order valence-electron chi connectivity index (χ3n) is 4.00. The minimum absolute atomic E-state index is 0.498. The molecule has 0 bridgehead atoms. The van der Waals surface area contributed by atoms with Crippen molar-refractivity contribution >= 4 is 11.5 Å². The van der Waals surface area contributed by atoms with Crippen LogP contribution in [0.5, 0.6) is 0 Å². The van der Waals surface area contributed by atoms with Gasteiger partial charge in [0.1, 0.15) is 5.82 Å². The van der Waals surface area contributed by atoms with Crippen LogP contribution in [0.4, 0.5) is 11.5 Å². The van der Waals surface area contributed by atoms with E-state index in [4.69, 9.17) is 5.73 Å². The number of rotatable bonds is 4. The molecule has 0 unspecified atom stereocenters. The lowest BCUT2D eigenvalue weighted by Crippen LogP contribution is -2.36. The van der Waals surface area contributed by atoms with Crippen LogP contribution in [0.1, 0.15) is 38.2 Å². The Bertz CT molecular complexity index is 364. The second-order valence-corrected chi connectivity index (χ2v) is 4.95. The van der Waals surface area contributed by atoms with Gasteiger partial charge in [-0.1, -0.05) is 13.3 Å². The Labute approximate surface area is 97.5 Å². The van der Waals surface area contributed by atoms with Crippen molar-refractivity contribution < 1.29 is 0 Å². The molecule has 1 heterocycles. The monoisotopic (exact) mass is 219 g/mol. The molecule has 0 atom stereocenters. The normalized spacial score (nSPS) is 17.9. The van der Waals surface area contributed by atoms with Crippen molar-refractivity contribution in [2.24, 2.45) is 5.41 Å². The number of nitrogens with one attached hydrogen (secondary N) is 1. The molecule has 3 N–H and O–H groups in total. The zero-order chi connectivity index (χ0) is 11.6. The molecule has 1 aliphatic rings. The Kier molecular flexibility index (Phi) is 3.03. The van der Waals surface area contributed by atoms with Gasteiger partial charge in [0.2, 0.25) is 0 Å². The van der Waals surface area contributed by atoms with Crippen molar-refractivity contribution in [3.63, 3.8) is 0 Å². The molecule has 0 aromatic carbocycles. The fourth-order valence-corrected chi connectivity index (χ4v) is 2.31.